The van der Waals surface area contributed by atoms with Gasteiger partial charge in [0, 0.05) is 24.3 Å². The highest BCUT2D eigenvalue weighted by molar-refractivity contribution is 7.92. The predicted octanol–water partition coefficient (Wildman–Crippen LogP) is 2.66. The van der Waals surface area contributed by atoms with Crippen LogP contribution in [-0.4, -0.2) is 34.0 Å². The topological polar surface area (TPSA) is 87.3 Å². The van der Waals surface area contributed by atoms with E-state index in [4.69, 9.17) is 0 Å². The van der Waals surface area contributed by atoms with Gasteiger partial charge in [-0.1, -0.05) is 13.0 Å². The summed E-state index contributed by atoms with van der Waals surface area (Å²) in [6, 6.07) is 9.52. The number of anilines is 1. The van der Waals surface area contributed by atoms with Gasteiger partial charge >= 0.3 is 0 Å². The van der Waals surface area contributed by atoms with Gasteiger partial charge in [-0.3, -0.25) is 9.52 Å². The summed E-state index contributed by atoms with van der Waals surface area (Å²) >= 11 is 0. The molecule has 6 nitrogen and oxygen atoms in total. The van der Waals surface area contributed by atoms with E-state index in [0.717, 1.165) is 13.0 Å². The molecule has 2 aromatic rings. The van der Waals surface area contributed by atoms with E-state index < -0.39 is 15.8 Å². The van der Waals surface area contributed by atoms with Crippen LogP contribution in [0.5, 0.6) is 0 Å². The number of sulfonamides is 1. The molecular formula is C19H24FN3O3S. The van der Waals surface area contributed by atoms with Crippen molar-refractivity contribution in [3.05, 3.63) is 59.4 Å². The van der Waals surface area contributed by atoms with Gasteiger partial charge in [-0.25, -0.2) is 12.8 Å². The van der Waals surface area contributed by atoms with Gasteiger partial charge in [-0.15, -0.1) is 0 Å². The molecule has 3 N–H and O–H groups in total. The molecule has 0 radical (unpaired) electrons. The molecule has 0 aliphatic rings. The van der Waals surface area contributed by atoms with E-state index in [1.807, 2.05) is 0 Å². The summed E-state index contributed by atoms with van der Waals surface area (Å²) in [4.78, 5) is 12.3. The van der Waals surface area contributed by atoms with Crippen LogP contribution in [0.4, 0.5) is 10.1 Å². The lowest BCUT2D eigenvalue weighted by atomic mass is 10.1. The van der Waals surface area contributed by atoms with E-state index in [-0.39, 0.29) is 22.1 Å². The van der Waals surface area contributed by atoms with E-state index in [9.17, 15) is 17.6 Å². The number of hydrogen-bond donors (Lipinski definition) is 3. The summed E-state index contributed by atoms with van der Waals surface area (Å²) in [6.07, 6.45) is 1.01. The third kappa shape index (κ3) is 6.04. The van der Waals surface area contributed by atoms with Gasteiger partial charge < -0.3 is 10.6 Å². The molecule has 146 valence electrons. The average Bonchev–Trinajstić information content (AvgIpc) is 2.63. The van der Waals surface area contributed by atoms with Gasteiger partial charge in [-0.05, 0) is 61.9 Å². The summed E-state index contributed by atoms with van der Waals surface area (Å²) in [7, 11) is -3.91. The molecule has 0 saturated carbocycles. The quantitative estimate of drug-likeness (QED) is 0.572. The zero-order valence-electron chi connectivity index (χ0n) is 15.4. The SMILES string of the molecule is CCCNCCNC(=O)c1ccc(C)c(S(=O)(=O)Nc2ccc(F)cc2)c1. The van der Waals surface area contributed by atoms with Gasteiger partial charge in [0.05, 0.1) is 4.90 Å². The van der Waals surface area contributed by atoms with Crippen LogP contribution in [0.15, 0.2) is 47.4 Å². The fraction of sp³-hybridized carbons (Fsp3) is 0.316. The molecule has 0 unspecified atom stereocenters. The highest BCUT2D eigenvalue weighted by Gasteiger charge is 2.19. The van der Waals surface area contributed by atoms with Crippen molar-refractivity contribution < 1.29 is 17.6 Å². The number of aryl methyl sites for hydroxylation is 1. The second kappa shape index (κ2) is 9.48. The summed E-state index contributed by atoms with van der Waals surface area (Å²) < 4.78 is 40.7. The molecule has 0 atom stereocenters. The van der Waals surface area contributed by atoms with Crippen molar-refractivity contribution in [1.82, 2.24) is 10.6 Å². The van der Waals surface area contributed by atoms with Gasteiger partial charge in [0.25, 0.3) is 15.9 Å². The second-order valence-corrected chi connectivity index (χ2v) is 7.75. The van der Waals surface area contributed by atoms with E-state index in [2.05, 4.69) is 22.3 Å². The molecule has 2 aromatic carbocycles. The van der Waals surface area contributed by atoms with Gasteiger partial charge in [-0.2, -0.15) is 0 Å². The summed E-state index contributed by atoms with van der Waals surface area (Å²) in [5, 5.41) is 5.92. The summed E-state index contributed by atoms with van der Waals surface area (Å²) in [5.74, 6) is -0.798. The zero-order chi connectivity index (χ0) is 19.9. The first-order chi connectivity index (χ1) is 12.8. The lowest BCUT2D eigenvalue weighted by Crippen LogP contribution is -2.32. The maximum absolute atomic E-state index is 13.0. The Morgan fingerprint density at radius 3 is 2.41 bits per heavy atom. The van der Waals surface area contributed by atoms with Gasteiger partial charge in [0.1, 0.15) is 5.82 Å². The fourth-order valence-corrected chi connectivity index (χ4v) is 3.76. The molecule has 2 rings (SSSR count). The van der Waals surface area contributed by atoms with Crippen molar-refractivity contribution in [2.24, 2.45) is 0 Å². The largest absolute Gasteiger partial charge is 0.351 e. The second-order valence-electron chi connectivity index (χ2n) is 6.10. The molecule has 0 bridgehead atoms. The van der Waals surface area contributed by atoms with Crippen LogP contribution in [0.25, 0.3) is 0 Å². The Hall–Kier alpha value is -2.45. The van der Waals surface area contributed by atoms with Crippen molar-refractivity contribution in [1.29, 1.82) is 0 Å². The van der Waals surface area contributed by atoms with Crippen LogP contribution in [-0.2, 0) is 10.0 Å². The number of amides is 1. The average molecular weight is 393 g/mol. The minimum absolute atomic E-state index is 0.00332. The first kappa shape index (κ1) is 20.9. The monoisotopic (exact) mass is 393 g/mol. The molecule has 1 amide bonds. The molecule has 0 spiro atoms. The Kier molecular flexibility index (Phi) is 7.32. The van der Waals surface area contributed by atoms with Crippen LogP contribution in [0.3, 0.4) is 0 Å². The molecule has 0 aromatic heterocycles. The van der Waals surface area contributed by atoms with E-state index in [1.54, 1.807) is 19.1 Å². The molecule has 0 heterocycles. The van der Waals surface area contributed by atoms with Gasteiger partial charge in [0.2, 0.25) is 0 Å². The predicted molar refractivity (Wildman–Crippen MR) is 104 cm³/mol. The molecule has 0 aliphatic carbocycles. The number of benzene rings is 2. The lowest BCUT2D eigenvalue weighted by Gasteiger charge is -2.12. The van der Waals surface area contributed by atoms with Crippen LogP contribution in [0.1, 0.15) is 29.3 Å². The Labute approximate surface area is 159 Å². The lowest BCUT2D eigenvalue weighted by molar-refractivity contribution is 0.0953. The normalized spacial score (nSPS) is 11.2. The highest BCUT2D eigenvalue weighted by Crippen LogP contribution is 2.21. The smallest absolute Gasteiger partial charge is 0.262 e. The number of hydrogen-bond acceptors (Lipinski definition) is 4. The Morgan fingerprint density at radius 1 is 1.04 bits per heavy atom. The molecule has 0 fully saturated rings. The molecule has 0 saturated heterocycles. The Balaban J connectivity index is 2.13. The maximum atomic E-state index is 13.0. The fourth-order valence-electron chi connectivity index (χ4n) is 2.43. The molecule has 27 heavy (non-hydrogen) atoms. The third-order valence-electron chi connectivity index (χ3n) is 3.85. The van der Waals surface area contributed by atoms with E-state index in [1.165, 1.54) is 30.3 Å². The number of carbonyl (C=O) groups is 1. The molecule has 8 heteroatoms. The highest BCUT2D eigenvalue weighted by atomic mass is 32.2. The standard InChI is InChI=1S/C19H24FN3O3S/c1-3-10-21-11-12-22-19(24)15-5-4-14(2)18(13-15)27(25,26)23-17-8-6-16(20)7-9-17/h4-9,13,21,23H,3,10-12H2,1-2H3,(H,22,24). The summed E-state index contributed by atoms with van der Waals surface area (Å²) in [5.41, 5.74) is 1.01. The minimum atomic E-state index is -3.91. The first-order valence-corrected chi connectivity index (χ1v) is 10.2. The molecular weight excluding hydrogens is 369 g/mol. The van der Waals surface area contributed by atoms with Crippen LogP contribution in [0, 0.1) is 12.7 Å². The van der Waals surface area contributed by atoms with Crippen molar-refractivity contribution in [3.63, 3.8) is 0 Å². The minimum Gasteiger partial charge on any atom is -0.351 e. The molecule has 0 aliphatic heterocycles. The van der Waals surface area contributed by atoms with Crippen molar-refractivity contribution in [3.8, 4) is 0 Å². The van der Waals surface area contributed by atoms with Crippen LogP contribution >= 0.6 is 0 Å². The Bertz CT molecular complexity index is 884. The van der Waals surface area contributed by atoms with Crippen LogP contribution < -0.4 is 15.4 Å². The zero-order valence-corrected chi connectivity index (χ0v) is 16.2. The number of nitrogens with one attached hydrogen (secondary N) is 3. The van der Waals surface area contributed by atoms with E-state index in [0.29, 0.717) is 18.7 Å². The third-order valence-corrected chi connectivity index (χ3v) is 5.37. The van der Waals surface area contributed by atoms with E-state index >= 15 is 0 Å². The number of halogens is 1. The number of rotatable bonds is 9. The van der Waals surface area contributed by atoms with Crippen LogP contribution in [0.2, 0.25) is 0 Å². The Morgan fingerprint density at radius 2 is 1.74 bits per heavy atom. The number of carbonyl (C=O) groups excluding carboxylic acids is 1. The van der Waals surface area contributed by atoms with Crippen molar-refractivity contribution >= 4 is 21.6 Å². The van der Waals surface area contributed by atoms with Gasteiger partial charge in [0.15, 0.2) is 0 Å². The van der Waals surface area contributed by atoms with Crippen molar-refractivity contribution in [2.45, 2.75) is 25.2 Å². The van der Waals surface area contributed by atoms with Crippen molar-refractivity contribution in [2.75, 3.05) is 24.4 Å². The summed E-state index contributed by atoms with van der Waals surface area (Å²) in [6.45, 7) is 5.67. The maximum Gasteiger partial charge on any atom is 0.262 e. The first-order valence-electron chi connectivity index (χ1n) is 8.71.